The van der Waals surface area contributed by atoms with Crippen LogP contribution in [0.1, 0.15) is 6.42 Å². The van der Waals surface area contributed by atoms with E-state index in [0.717, 1.165) is 6.54 Å². The van der Waals surface area contributed by atoms with Crippen LogP contribution in [0.4, 0.5) is 0 Å². The maximum absolute atomic E-state index is 10.9. The van der Waals surface area contributed by atoms with E-state index in [0.29, 0.717) is 18.9 Å². The Kier molecular flexibility index (Phi) is 2.27. The molecule has 0 bridgehead atoms. The predicted molar refractivity (Wildman–Crippen MR) is 37.6 cm³/mol. The molecule has 3 nitrogen and oxygen atoms in total. The highest BCUT2D eigenvalue weighted by Gasteiger charge is 2.25. The Bertz CT molecular complexity index is 136. The monoisotopic (exact) mass is 143 g/mol. The fraction of sp³-hybridized carbons (Fsp3) is 0.857. The molecule has 1 saturated heterocycles. The summed E-state index contributed by atoms with van der Waals surface area (Å²) in [6, 6.07) is 0. The van der Waals surface area contributed by atoms with E-state index in [2.05, 4.69) is 0 Å². The van der Waals surface area contributed by atoms with Crippen LogP contribution in [-0.2, 0) is 9.53 Å². The Balaban J connectivity index is 2.34. The van der Waals surface area contributed by atoms with Gasteiger partial charge in [-0.25, -0.2) is 0 Å². The molecule has 1 heterocycles. The summed E-state index contributed by atoms with van der Waals surface area (Å²) in [5.74, 6) is 0.657. The van der Waals surface area contributed by atoms with E-state index < -0.39 is 0 Å². The number of methoxy groups -OCH3 is 1. The zero-order valence-electron chi connectivity index (χ0n) is 6.46. The first kappa shape index (κ1) is 7.54. The number of ether oxygens (including phenoxy) is 1. The van der Waals surface area contributed by atoms with Gasteiger partial charge >= 0.3 is 0 Å². The molecule has 0 aromatic rings. The molecular weight excluding hydrogens is 130 g/mol. The Labute approximate surface area is 61.0 Å². The highest BCUT2D eigenvalue weighted by atomic mass is 16.5. The van der Waals surface area contributed by atoms with Crippen molar-refractivity contribution in [2.45, 2.75) is 6.42 Å². The van der Waals surface area contributed by atoms with Crippen LogP contribution in [0.3, 0.4) is 0 Å². The van der Waals surface area contributed by atoms with Crippen LogP contribution >= 0.6 is 0 Å². The van der Waals surface area contributed by atoms with Gasteiger partial charge in [-0.2, -0.15) is 0 Å². The molecule has 1 aliphatic rings. The van der Waals surface area contributed by atoms with Crippen molar-refractivity contribution in [2.75, 3.05) is 27.3 Å². The molecule has 1 atom stereocenters. The summed E-state index contributed by atoms with van der Waals surface area (Å²) in [6.07, 6.45) is 0.657. The van der Waals surface area contributed by atoms with Gasteiger partial charge in [-0.05, 0) is 0 Å². The Hall–Kier alpha value is -0.570. The molecule has 1 amide bonds. The molecule has 0 aliphatic carbocycles. The lowest BCUT2D eigenvalue weighted by Gasteiger charge is -2.07. The van der Waals surface area contributed by atoms with Crippen molar-refractivity contribution in [2.24, 2.45) is 5.92 Å². The number of hydrogen-bond acceptors (Lipinski definition) is 2. The van der Waals surface area contributed by atoms with Gasteiger partial charge in [0, 0.05) is 33.0 Å². The van der Waals surface area contributed by atoms with Crippen molar-refractivity contribution in [3.63, 3.8) is 0 Å². The maximum atomic E-state index is 10.9. The minimum atomic E-state index is 0.238. The maximum Gasteiger partial charge on any atom is 0.222 e. The summed E-state index contributed by atoms with van der Waals surface area (Å²) < 4.78 is 4.94. The third kappa shape index (κ3) is 1.48. The standard InChI is InChI=1S/C7H13NO2/c1-8-4-6(5-10-2)3-7(8)9/h6H,3-5H2,1-2H3. The first-order valence-corrected chi connectivity index (χ1v) is 3.47. The van der Waals surface area contributed by atoms with Gasteiger partial charge in [0.1, 0.15) is 0 Å². The van der Waals surface area contributed by atoms with Gasteiger partial charge in [0.15, 0.2) is 0 Å². The van der Waals surface area contributed by atoms with E-state index >= 15 is 0 Å². The fourth-order valence-corrected chi connectivity index (χ4v) is 1.30. The van der Waals surface area contributed by atoms with Crippen molar-refractivity contribution in [3.05, 3.63) is 0 Å². The van der Waals surface area contributed by atoms with E-state index in [1.165, 1.54) is 0 Å². The lowest BCUT2D eigenvalue weighted by atomic mass is 10.1. The van der Waals surface area contributed by atoms with Crippen molar-refractivity contribution in [3.8, 4) is 0 Å². The molecule has 0 aromatic carbocycles. The van der Waals surface area contributed by atoms with Crippen LogP contribution in [0.25, 0.3) is 0 Å². The van der Waals surface area contributed by atoms with Crippen molar-refractivity contribution in [1.82, 2.24) is 4.90 Å². The topological polar surface area (TPSA) is 29.5 Å². The van der Waals surface area contributed by atoms with Crippen molar-refractivity contribution >= 4 is 5.91 Å². The van der Waals surface area contributed by atoms with Gasteiger partial charge in [0.05, 0.1) is 6.61 Å². The van der Waals surface area contributed by atoms with Crippen LogP contribution in [-0.4, -0.2) is 38.1 Å². The van der Waals surface area contributed by atoms with Gasteiger partial charge in [-0.3, -0.25) is 4.79 Å². The number of carbonyl (C=O) groups is 1. The largest absolute Gasteiger partial charge is 0.384 e. The van der Waals surface area contributed by atoms with Gasteiger partial charge in [0.25, 0.3) is 0 Å². The second kappa shape index (κ2) is 3.01. The van der Waals surface area contributed by atoms with Crippen LogP contribution in [0.15, 0.2) is 0 Å². The molecule has 1 aliphatic heterocycles. The summed E-state index contributed by atoms with van der Waals surface area (Å²) >= 11 is 0. The molecular formula is C7H13NO2. The normalized spacial score (nSPS) is 26.0. The van der Waals surface area contributed by atoms with Crippen LogP contribution < -0.4 is 0 Å². The van der Waals surface area contributed by atoms with Gasteiger partial charge in [-0.15, -0.1) is 0 Å². The zero-order chi connectivity index (χ0) is 7.56. The smallest absolute Gasteiger partial charge is 0.222 e. The lowest BCUT2D eigenvalue weighted by molar-refractivity contribution is -0.126. The number of carbonyl (C=O) groups excluding carboxylic acids is 1. The Morgan fingerprint density at radius 1 is 1.80 bits per heavy atom. The van der Waals surface area contributed by atoms with Gasteiger partial charge in [-0.1, -0.05) is 0 Å². The molecule has 58 valence electrons. The second-order valence-electron chi connectivity index (χ2n) is 2.80. The third-order valence-corrected chi connectivity index (χ3v) is 1.82. The van der Waals surface area contributed by atoms with Crippen LogP contribution in [0, 0.1) is 5.92 Å². The molecule has 3 heteroatoms. The molecule has 10 heavy (non-hydrogen) atoms. The second-order valence-corrected chi connectivity index (χ2v) is 2.80. The SMILES string of the molecule is COCC1CC(=O)N(C)C1. The van der Waals surface area contributed by atoms with E-state index in [1.807, 2.05) is 7.05 Å². The van der Waals surface area contributed by atoms with Crippen molar-refractivity contribution < 1.29 is 9.53 Å². The molecule has 0 saturated carbocycles. The number of likely N-dealkylation sites (tertiary alicyclic amines) is 1. The summed E-state index contributed by atoms with van der Waals surface area (Å²) in [6.45, 7) is 1.56. The number of nitrogens with zero attached hydrogens (tertiary/aromatic N) is 1. The number of amides is 1. The van der Waals surface area contributed by atoms with E-state index in [-0.39, 0.29) is 5.91 Å². The minimum Gasteiger partial charge on any atom is -0.384 e. The summed E-state index contributed by atoms with van der Waals surface area (Å²) in [7, 11) is 3.50. The summed E-state index contributed by atoms with van der Waals surface area (Å²) in [5, 5.41) is 0. The average molecular weight is 143 g/mol. The molecule has 0 radical (unpaired) electrons. The van der Waals surface area contributed by atoms with Gasteiger partial charge < -0.3 is 9.64 Å². The Morgan fingerprint density at radius 2 is 2.50 bits per heavy atom. The lowest BCUT2D eigenvalue weighted by Crippen LogP contribution is -2.19. The van der Waals surface area contributed by atoms with Gasteiger partial charge in [0.2, 0.25) is 5.91 Å². The fourth-order valence-electron chi connectivity index (χ4n) is 1.30. The van der Waals surface area contributed by atoms with Crippen LogP contribution in [0.2, 0.25) is 0 Å². The molecule has 1 fully saturated rings. The quantitative estimate of drug-likeness (QED) is 0.549. The molecule has 1 unspecified atom stereocenters. The van der Waals surface area contributed by atoms with Crippen LogP contribution in [0.5, 0.6) is 0 Å². The Morgan fingerprint density at radius 3 is 2.90 bits per heavy atom. The first-order chi connectivity index (χ1) is 4.74. The molecule has 0 aromatic heterocycles. The predicted octanol–water partition coefficient (Wildman–Crippen LogP) is 0.111. The third-order valence-electron chi connectivity index (χ3n) is 1.82. The molecule has 0 N–H and O–H groups in total. The highest BCUT2D eigenvalue weighted by Crippen LogP contribution is 2.15. The minimum absolute atomic E-state index is 0.238. The average Bonchev–Trinajstić information content (AvgIpc) is 2.14. The van der Waals surface area contributed by atoms with E-state index in [9.17, 15) is 4.79 Å². The summed E-state index contributed by atoms with van der Waals surface area (Å²) in [5.41, 5.74) is 0. The van der Waals surface area contributed by atoms with E-state index in [4.69, 9.17) is 4.74 Å². The van der Waals surface area contributed by atoms with E-state index in [1.54, 1.807) is 12.0 Å². The molecule has 0 spiro atoms. The highest BCUT2D eigenvalue weighted by molar-refractivity contribution is 5.78. The number of hydrogen-bond donors (Lipinski definition) is 0. The van der Waals surface area contributed by atoms with Crippen molar-refractivity contribution in [1.29, 1.82) is 0 Å². The first-order valence-electron chi connectivity index (χ1n) is 3.47. The molecule has 1 rings (SSSR count). The summed E-state index contributed by atoms with van der Waals surface area (Å²) in [4.78, 5) is 12.7. The number of rotatable bonds is 2. The zero-order valence-corrected chi connectivity index (χ0v) is 6.46.